The SMILES string of the molecule is CCCCC(CC)COC(=O)CC(O)C(=O)OCCCS(=O)(=O)O.[H-].[Na+]. The maximum Gasteiger partial charge on any atom is 1.00 e. The van der Waals surface area contributed by atoms with Crippen molar-refractivity contribution in [2.24, 2.45) is 5.92 Å². The van der Waals surface area contributed by atoms with Crippen LogP contribution in [0.5, 0.6) is 0 Å². The van der Waals surface area contributed by atoms with Gasteiger partial charge in [0.2, 0.25) is 0 Å². The molecule has 0 heterocycles. The number of hydrogen-bond donors (Lipinski definition) is 2. The van der Waals surface area contributed by atoms with Crippen LogP contribution < -0.4 is 29.6 Å². The number of carbonyl (C=O) groups excluding carboxylic acids is 2. The first-order chi connectivity index (χ1) is 11.2. The number of carbonyl (C=O) groups is 2. The van der Waals surface area contributed by atoms with Gasteiger partial charge in [-0.25, -0.2) is 4.79 Å². The van der Waals surface area contributed by atoms with Crippen molar-refractivity contribution in [2.75, 3.05) is 19.0 Å². The molecular formula is C15H29NaO8S. The van der Waals surface area contributed by atoms with Crippen LogP contribution in [0.3, 0.4) is 0 Å². The zero-order valence-corrected chi connectivity index (χ0v) is 18.1. The van der Waals surface area contributed by atoms with E-state index in [9.17, 15) is 23.1 Å². The molecule has 25 heavy (non-hydrogen) atoms. The van der Waals surface area contributed by atoms with Crippen LogP contribution in [0.15, 0.2) is 0 Å². The molecule has 0 aliphatic rings. The van der Waals surface area contributed by atoms with E-state index < -0.39 is 40.3 Å². The summed E-state index contributed by atoms with van der Waals surface area (Å²) in [5.74, 6) is -2.00. The van der Waals surface area contributed by atoms with Crippen molar-refractivity contribution in [1.82, 2.24) is 0 Å². The number of ether oxygens (including phenoxy) is 2. The molecule has 0 aromatic rings. The minimum atomic E-state index is -4.11. The summed E-state index contributed by atoms with van der Waals surface area (Å²) >= 11 is 0. The van der Waals surface area contributed by atoms with E-state index in [0.717, 1.165) is 25.7 Å². The molecule has 0 aromatic heterocycles. The van der Waals surface area contributed by atoms with E-state index in [1.807, 2.05) is 6.92 Å². The summed E-state index contributed by atoms with van der Waals surface area (Å²) in [6, 6.07) is 0. The number of aliphatic hydroxyl groups excluding tert-OH is 1. The molecule has 0 saturated carbocycles. The van der Waals surface area contributed by atoms with Gasteiger partial charge in [0, 0.05) is 0 Å². The van der Waals surface area contributed by atoms with Crippen molar-refractivity contribution < 1.29 is 68.1 Å². The fourth-order valence-electron chi connectivity index (χ4n) is 1.92. The summed E-state index contributed by atoms with van der Waals surface area (Å²) in [6.07, 6.45) is 1.68. The molecule has 0 rings (SSSR count). The average molecular weight is 392 g/mol. The number of unbranched alkanes of at least 4 members (excludes halogenated alkanes) is 1. The second kappa shape index (κ2) is 14.9. The number of hydrogen-bond acceptors (Lipinski definition) is 7. The second-order valence-electron chi connectivity index (χ2n) is 5.63. The van der Waals surface area contributed by atoms with Crippen LogP contribution in [0, 0.1) is 5.92 Å². The molecule has 0 aliphatic carbocycles. The van der Waals surface area contributed by atoms with Gasteiger partial charge in [0.15, 0.2) is 6.10 Å². The fourth-order valence-corrected chi connectivity index (χ4v) is 2.40. The Kier molecular flexibility index (Phi) is 16.1. The summed E-state index contributed by atoms with van der Waals surface area (Å²) in [4.78, 5) is 23.1. The molecule has 2 N–H and O–H groups in total. The summed E-state index contributed by atoms with van der Waals surface area (Å²) < 4.78 is 39.2. The van der Waals surface area contributed by atoms with E-state index in [1.165, 1.54) is 0 Å². The van der Waals surface area contributed by atoms with Crippen LogP contribution in [0.4, 0.5) is 0 Å². The van der Waals surface area contributed by atoms with Crippen LogP contribution in [0.25, 0.3) is 0 Å². The first kappa shape index (κ1) is 27.0. The summed E-state index contributed by atoms with van der Waals surface area (Å²) in [7, 11) is -4.11. The first-order valence-corrected chi connectivity index (χ1v) is 9.76. The molecule has 144 valence electrons. The van der Waals surface area contributed by atoms with Crippen molar-refractivity contribution in [2.45, 2.75) is 58.5 Å². The number of aliphatic hydroxyl groups is 1. The predicted octanol–water partition coefficient (Wildman–Crippen LogP) is -1.57. The maximum absolute atomic E-state index is 11.6. The van der Waals surface area contributed by atoms with Gasteiger partial charge < -0.3 is 16.0 Å². The largest absolute Gasteiger partial charge is 1.00 e. The quantitative estimate of drug-likeness (QED) is 0.167. The number of esters is 2. The first-order valence-electron chi connectivity index (χ1n) is 8.15. The van der Waals surface area contributed by atoms with Crippen molar-refractivity contribution in [3.8, 4) is 0 Å². The van der Waals surface area contributed by atoms with E-state index in [-0.39, 0.29) is 56.5 Å². The van der Waals surface area contributed by atoms with Crippen LogP contribution in [-0.2, 0) is 29.2 Å². The smallest absolute Gasteiger partial charge is 1.00 e. The van der Waals surface area contributed by atoms with Crippen molar-refractivity contribution in [1.29, 1.82) is 0 Å². The minimum absolute atomic E-state index is 0. The molecule has 2 unspecified atom stereocenters. The Morgan fingerprint density at radius 1 is 1.16 bits per heavy atom. The zero-order valence-electron chi connectivity index (χ0n) is 16.3. The molecule has 0 radical (unpaired) electrons. The van der Waals surface area contributed by atoms with Gasteiger partial charge in [0.1, 0.15) is 0 Å². The van der Waals surface area contributed by atoms with Gasteiger partial charge in [0.25, 0.3) is 10.1 Å². The molecule has 0 bridgehead atoms. The Morgan fingerprint density at radius 3 is 2.32 bits per heavy atom. The Hall–Kier alpha value is -0.190. The topological polar surface area (TPSA) is 127 Å². The van der Waals surface area contributed by atoms with Crippen LogP contribution in [0.1, 0.15) is 53.8 Å². The summed E-state index contributed by atoms with van der Waals surface area (Å²) in [5, 5.41) is 9.57. The Labute approximate surface area is 173 Å². The fraction of sp³-hybridized carbons (Fsp3) is 0.867. The third kappa shape index (κ3) is 15.8. The Morgan fingerprint density at radius 2 is 1.80 bits per heavy atom. The van der Waals surface area contributed by atoms with E-state index >= 15 is 0 Å². The Bertz CT molecular complexity index is 486. The zero-order chi connectivity index (χ0) is 18.6. The minimum Gasteiger partial charge on any atom is -1.00 e. The van der Waals surface area contributed by atoms with Gasteiger partial charge in [-0.2, -0.15) is 8.42 Å². The summed E-state index contributed by atoms with van der Waals surface area (Å²) in [5.41, 5.74) is 0. The molecule has 8 nitrogen and oxygen atoms in total. The van der Waals surface area contributed by atoms with Gasteiger partial charge in [-0.3, -0.25) is 9.35 Å². The molecule has 0 aromatic carbocycles. The van der Waals surface area contributed by atoms with Gasteiger partial charge in [-0.1, -0.05) is 33.1 Å². The molecule has 10 heteroatoms. The van der Waals surface area contributed by atoms with Crippen molar-refractivity contribution in [3.05, 3.63) is 0 Å². The molecule has 0 spiro atoms. The predicted molar refractivity (Wildman–Crippen MR) is 88.0 cm³/mol. The number of rotatable bonds is 13. The molecule has 0 fully saturated rings. The molecule has 0 saturated heterocycles. The van der Waals surface area contributed by atoms with E-state index in [4.69, 9.17) is 9.29 Å². The monoisotopic (exact) mass is 392 g/mol. The van der Waals surface area contributed by atoms with Crippen molar-refractivity contribution >= 4 is 22.1 Å². The van der Waals surface area contributed by atoms with Crippen molar-refractivity contribution in [3.63, 3.8) is 0 Å². The van der Waals surface area contributed by atoms with E-state index in [0.29, 0.717) is 0 Å². The molecule has 2 atom stereocenters. The Balaban J connectivity index is -0.00000264. The van der Waals surface area contributed by atoms with Gasteiger partial charge in [-0.05, 0) is 18.8 Å². The van der Waals surface area contributed by atoms with Gasteiger partial charge in [0.05, 0.1) is 25.4 Å². The molecule has 0 aliphatic heterocycles. The third-order valence-electron chi connectivity index (χ3n) is 3.45. The molecule has 0 amide bonds. The van der Waals surface area contributed by atoms with E-state index in [2.05, 4.69) is 11.7 Å². The van der Waals surface area contributed by atoms with Crippen LogP contribution >= 0.6 is 0 Å². The average Bonchev–Trinajstić information content (AvgIpc) is 2.50. The second-order valence-corrected chi connectivity index (χ2v) is 7.20. The summed E-state index contributed by atoms with van der Waals surface area (Å²) in [6.45, 7) is 4.06. The standard InChI is InChI=1S/C15H28O8S.Na.H/c1-3-5-7-12(4-2)11-23-14(17)10-13(16)15(18)22-8-6-9-24(19,20)21;;/h12-13,16H,3-11H2,1-2H3,(H,19,20,21);;/q;+1;-1. The van der Waals surface area contributed by atoms with Crippen LogP contribution in [0.2, 0.25) is 0 Å². The normalized spacial score (nSPS) is 13.4. The van der Waals surface area contributed by atoms with Gasteiger partial charge >= 0.3 is 41.5 Å². The molecular weight excluding hydrogens is 363 g/mol. The van der Waals surface area contributed by atoms with E-state index in [1.54, 1.807) is 0 Å². The maximum atomic E-state index is 11.6. The third-order valence-corrected chi connectivity index (χ3v) is 4.25. The van der Waals surface area contributed by atoms with Gasteiger partial charge in [-0.15, -0.1) is 0 Å². The van der Waals surface area contributed by atoms with Crippen LogP contribution in [-0.4, -0.2) is 55.1 Å².